The van der Waals surface area contributed by atoms with E-state index in [-0.39, 0.29) is 46.4 Å². The van der Waals surface area contributed by atoms with E-state index in [9.17, 15) is 25.2 Å². The third kappa shape index (κ3) is 3.62. The van der Waals surface area contributed by atoms with Gasteiger partial charge in [-0.15, -0.1) is 0 Å². The molecule has 0 aliphatic heterocycles. The summed E-state index contributed by atoms with van der Waals surface area (Å²) in [5.41, 5.74) is -1.60. The van der Waals surface area contributed by atoms with Crippen LogP contribution in [-0.2, 0) is 4.79 Å². The number of aliphatic hydroxyl groups excluding tert-OH is 2. The van der Waals surface area contributed by atoms with Crippen LogP contribution in [-0.4, -0.2) is 49.6 Å². The standard InChI is InChI=1S/C27H44O5/c1-16(22(29)10-11-24(2,3)31)18-9-13-27(32)21-14-23(30)20-7-6-17(28)15-25(20,4)19(21)8-12-26(18,27)5/h14,16-20,22,28-29,31-32H,6-13,15H2,1-5H3/t16-,17+,18+,19-,20-,22+,25+,26+,27+/m0/s1. The van der Waals surface area contributed by atoms with E-state index >= 15 is 0 Å². The topological polar surface area (TPSA) is 98.0 Å². The minimum Gasteiger partial charge on any atom is -0.393 e. The summed E-state index contributed by atoms with van der Waals surface area (Å²) in [6.07, 6.45) is 7.25. The van der Waals surface area contributed by atoms with Gasteiger partial charge in [0.2, 0.25) is 0 Å². The average Bonchev–Trinajstić information content (AvgIpc) is 2.96. The molecule has 5 nitrogen and oxygen atoms in total. The van der Waals surface area contributed by atoms with Crippen LogP contribution in [0.3, 0.4) is 0 Å². The van der Waals surface area contributed by atoms with Gasteiger partial charge in [-0.25, -0.2) is 0 Å². The number of fused-ring (bicyclic) bond motifs is 5. The fourth-order valence-electron chi connectivity index (χ4n) is 8.36. The van der Waals surface area contributed by atoms with Crippen LogP contribution < -0.4 is 0 Å². The van der Waals surface area contributed by atoms with Gasteiger partial charge in [-0.3, -0.25) is 4.79 Å². The molecule has 0 saturated heterocycles. The molecular formula is C27H44O5. The molecule has 4 N–H and O–H groups in total. The minimum atomic E-state index is -1.03. The first kappa shape index (κ1) is 24.4. The fraction of sp³-hybridized carbons (Fsp3) is 0.889. The largest absolute Gasteiger partial charge is 0.393 e. The van der Waals surface area contributed by atoms with E-state index in [2.05, 4.69) is 20.8 Å². The zero-order valence-electron chi connectivity index (χ0n) is 20.6. The highest BCUT2D eigenvalue weighted by Crippen LogP contribution is 2.68. The third-order valence-corrected chi connectivity index (χ3v) is 10.4. The van der Waals surface area contributed by atoms with Crippen LogP contribution >= 0.6 is 0 Å². The molecule has 0 heterocycles. The van der Waals surface area contributed by atoms with Crippen molar-refractivity contribution in [2.75, 3.05) is 0 Å². The van der Waals surface area contributed by atoms with Crippen LogP contribution in [0, 0.1) is 34.5 Å². The summed E-state index contributed by atoms with van der Waals surface area (Å²) in [5, 5.41) is 43.7. The van der Waals surface area contributed by atoms with Gasteiger partial charge in [-0.05, 0) is 106 Å². The molecule has 0 unspecified atom stereocenters. The molecule has 3 saturated carbocycles. The molecule has 3 fully saturated rings. The van der Waals surface area contributed by atoms with Crippen LogP contribution in [0.1, 0.15) is 92.4 Å². The SMILES string of the molecule is C[C@H]([C@H](O)CCC(C)(C)O)[C@H]1CC[C@@]2(O)C3=CC(=O)[C@@H]4CC[C@@H](O)C[C@]4(C)[C@H]3CC[C@]12C. The lowest BCUT2D eigenvalue weighted by Gasteiger charge is -2.60. The van der Waals surface area contributed by atoms with Gasteiger partial charge in [-0.2, -0.15) is 0 Å². The number of hydrogen-bond acceptors (Lipinski definition) is 5. The monoisotopic (exact) mass is 448 g/mol. The lowest BCUT2D eigenvalue weighted by atomic mass is 9.46. The summed E-state index contributed by atoms with van der Waals surface area (Å²) >= 11 is 0. The van der Waals surface area contributed by atoms with Crippen LogP contribution in [0.25, 0.3) is 0 Å². The minimum absolute atomic E-state index is 0.00709. The second-order valence-electron chi connectivity index (χ2n) is 12.8. The van der Waals surface area contributed by atoms with Crippen LogP contribution in [0.5, 0.6) is 0 Å². The second kappa shape index (κ2) is 7.90. The number of hydrogen-bond donors (Lipinski definition) is 4. The van der Waals surface area contributed by atoms with Crippen molar-refractivity contribution in [3.05, 3.63) is 11.6 Å². The van der Waals surface area contributed by atoms with E-state index in [1.807, 2.05) is 0 Å². The van der Waals surface area contributed by atoms with Crippen molar-refractivity contribution in [1.82, 2.24) is 0 Å². The number of carbonyl (C=O) groups is 1. The van der Waals surface area contributed by atoms with E-state index in [1.165, 1.54) is 0 Å². The molecule has 0 aromatic carbocycles. The molecule has 5 heteroatoms. The van der Waals surface area contributed by atoms with E-state index in [1.54, 1.807) is 19.9 Å². The molecule has 4 aliphatic rings. The van der Waals surface area contributed by atoms with Crippen molar-refractivity contribution in [3.8, 4) is 0 Å². The van der Waals surface area contributed by atoms with E-state index in [4.69, 9.17) is 0 Å². The van der Waals surface area contributed by atoms with Crippen LogP contribution in [0.2, 0.25) is 0 Å². The lowest BCUT2D eigenvalue weighted by Crippen LogP contribution is -2.59. The predicted molar refractivity (Wildman–Crippen MR) is 124 cm³/mol. The Bertz CT molecular complexity index is 783. The Labute approximate surface area is 193 Å². The smallest absolute Gasteiger partial charge is 0.159 e. The van der Waals surface area contributed by atoms with E-state index in [0.29, 0.717) is 32.1 Å². The maximum absolute atomic E-state index is 13.2. The van der Waals surface area contributed by atoms with Gasteiger partial charge in [-0.1, -0.05) is 20.8 Å². The third-order valence-electron chi connectivity index (χ3n) is 10.4. The second-order valence-corrected chi connectivity index (χ2v) is 12.8. The molecule has 0 spiro atoms. The summed E-state index contributed by atoms with van der Waals surface area (Å²) in [4.78, 5) is 13.2. The maximum atomic E-state index is 13.2. The van der Waals surface area contributed by atoms with Gasteiger partial charge in [0.25, 0.3) is 0 Å². The first-order valence-corrected chi connectivity index (χ1v) is 12.8. The molecule has 4 rings (SSSR count). The zero-order valence-corrected chi connectivity index (χ0v) is 20.6. The molecule has 0 radical (unpaired) electrons. The van der Waals surface area contributed by atoms with Crippen molar-refractivity contribution in [1.29, 1.82) is 0 Å². The van der Waals surface area contributed by atoms with Crippen molar-refractivity contribution in [2.24, 2.45) is 34.5 Å². The van der Waals surface area contributed by atoms with Crippen molar-refractivity contribution in [3.63, 3.8) is 0 Å². The molecule has 0 bridgehead atoms. The molecule has 0 aromatic heterocycles. The molecule has 4 aliphatic carbocycles. The molecule has 0 aromatic rings. The Morgan fingerprint density at radius 1 is 1.12 bits per heavy atom. The summed E-state index contributed by atoms with van der Waals surface area (Å²) in [7, 11) is 0. The molecule has 9 atom stereocenters. The van der Waals surface area contributed by atoms with Crippen LogP contribution in [0.15, 0.2) is 11.6 Å². The summed E-state index contributed by atoms with van der Waals surface area (Å²) in [6, 6.07) is 0. The van der Waals surface area contributed by atoms with Gasteiger partial charge >= 0.3 is 0 Å². The molecule has 182 valence electrons. The number of allylic oxidation sites excluding steroid dienone is 1. The fourth-order valence-corrected chi connectivity index (χ4v) is 8.36. The van der Waals surface area contributed by atoms with Gasteiger partial charge in [0.05, 0.1) is 23.4 Å². The van der Waals surface area contributed by atoms with Crippen molar-refractivity contribution in [2.45, 2.75) is 116 Å². The average molecular weight is 449 g/mol. The summed E-state index contributed by atoms with van der Waals surface area (Å²) in [6.45, 7) is 9.94. The zero-order chi connectivity index (χ0) is 23.7. The molecule has 32 heavy (non-hydrogen) atoms. The first-order valence-electron chi connectivity index (χ1n) is 12.8. The van der Waals surface area contributed by atoms with Crippen molar-refractivity contribution < 1.29 is 25.2 Å². The Hall–Kier alpha value is -0.750. The highest BCUT2D eigenvalue weighted by Gasteiger charge is 2.66. The Morgan fingerprint density at radius 2 is 1.81 bits per heavy atom. The van der Waals surface area contributed by atoms with Crippen LogP contribution in [0.4, 0.5) is 0 Å². The van der Waals surface area contributed by atoms with E-state index < -0.39 is 17.3 Å². The summed E-state index contributed by atoms with van der Waals surface area (Å²) in [5.74, 6) is 0.376. The number of rotatable bonds is 5. The van der Waals surface area contributed by atoms with Gasteiger partial charge in [0.1, 0.15) is 0 Å². The number of ketones is 1. The maximum Gasteiger partial charge on any atom is 0.159 e. The number of aliphatic hydroxyl groups is 4. The Morgan fingerprint density at radius 3 is 2.47 bits per heavy atom. The summed E-state index contributed by atoms with van der Waals surface area (Å²) < 4.78 is 0. The van der Waals surface area contributed by atoms with E-state index in [0.717, 1.165) is 31.3 Å². The highest BCUT2D eigenvalue weighted by atomic mass is 16.3. The highest BCUT2D eigenvalue weighted by molar-refractivity contribution is 5.95. The molecular weight excluding hydrogens is 404 g/mol. The van der Waals surface area contributed by atoms with Crippen molar-refractivity contribution >= 4 is 5.78 Å². The predicted octanol–water partition coefficient (Wildman–Crippen LogP) is 3.77. The van der Waals surface area contributed by atoms with Gasteiger partial charge in [0.15, 0.2) is 5.78 Å². The first-order chi connectivity index (χ1) is 14.7. The Balaban J connectivity index is 1.62. The lowest BCUT2D eigenvalue weighted by molar-refractivity contribution is -0.143. The van der Waals surface area contributed by atoms with Gasteiger partial charge in [0, 0.05) is 11.3 Å². The Kier molecular flexibility index (Phi) is 6.02. The quantitative estimate of drug-likeness (QED) is 0.513. The van der Waals surface area contributed by atoms with Gasteiger partial charge < -0.3 is 20.4 Å². The number of carbonyl (C=O) groups excluding carboxylic acids is 1. The molecule has 0 amide bonds. The normalized spacial score (nSPS) is 46.0.